The van der Waals surface area contributed by atoms with E-state index in [9.17, 15) is 0 Å². The lowest BCUT2D eigenvalue weighted by Gasteiger charge is -2.08. The molecule has 0 spiro atoms. The van der Waals surface area contributed by atoms with E-state index in [1.807, 2.05) is 11.8 Å². The second kappa shape index (κ2) is 8.60. The van der Waals surface area contributed by atoms with Crippen molar-refractivity contribution in [3.05, 3.63) is 34.9 Å². The zero-order valence-corrected chi connectivity index (χ0v) is 12.0. The van der Waals surface area contributed by atoms with E-state index in [4.69, 9.17) is 5.73 Å². The van der Waals surface area contributed by atoms with E-state index in [-0.39, 0.29) is 0 Å². The molecule has 0 fully saturated rings. The molecule has 0 radical (unpaired) electrons. The van der Waals surface area contributed by atoms with Crippen LogP contribution in [0.15, 0.2) is 18.2 Å². The van der Waals surface area contributed by atoms with Gasteiger partial charge < -0.3 is 5.73 Å². The molecule has 96 valence electrons. The highest BCUT2D eigenvalue weighted by Crippen LogP contribution is 2.15. The van der Waals surface area contributed by atoms with Crippen LogP contribution in [-0.2, 0) is 19.3 Å². The Morgan fingerprint density at radius 3 is 2.24 bits per heavy atom. The molecule has 1 rings (SSSR count). The molecular weight excluding hydrogens is 226 g/mol. The minimum absolute atomic E-state index is 0.812. The lowest BCUT2D eigenvalue weighted by molar-refractivity contribution is 0.743. The average Bonchev–Trinajstić information content (AvgIpc) is 2.36. The van der Waals surface area contributed by atoms with Crippen LogP contribution in [0.3, 0.4) is 0 Å². The largest absolute Gasteiger partial charge is 0.330 e. The van der Waals surface area contributed by atoms with E-state index in [1.54, 1.807) is 0 Å². The van der Waals surface area contributed by atoms with Crippen molar-refractivity contribution in [2.24, 2.45) is 5.73 Å². The van der Waals surface area contributed by atoms with Gasteiger partial charge in [0.2, 0.25) is 0 Å². The van der Waals surface area contributed by atoms with E-state index in [0.29, 0.717) is 0 Å². The van der Waals surface area contributed by atoms with Crippen molar-refractivity contribution in [2.45, 2.75) is 39.0 Å². The third-order valence-electron chi connectivity index (χ3n) is 3.04. The minimum atomic E-state index is 0.812. The van der Waals surface area contributed by atoms with Gasteiger partial charge in [-0.25, -0.2) is 0 Å². The molecule has 0 aliphatic rings. The summed E-state index contributed by atoms with van der Waals surface area (Å²) in [6.45, 7) is 3.05. The second-order valence-electron chi connectivity index (χ2n) is 4.50. The van der Waals surface area contributed by atoms with E-state index >= 15 is 0 Å². The Morgan fingerprint density at radius 1 is 1.00 bits per heavy atom. The van der Waals surface area contributed by atoms with Crippen LogP contribution in [-0.4, -0.2) is 18.6 Å². The Morgan fingerprint density at radius 2 is 1.65 bits per heavy atom. The van der Waals surface area contributed by atoms with Gasteiger partial charge in [-0.05, 0) is 67.3 Å². The summed E-state index contributed by atoms with van der Waals surface area (Å²) in [6, 6.07) is 7.10. The molecule has 0 saturated heterocycles. The molecule has 0 unspecified atom stereocenters. The number of hydrogen-bond acceptors (Lipinski definition) is 2. The zero-order chi connectivity index (χ0) is 12.5. The van der Waals surface area contributed by atoms with Gasteiger partial charge >= 0.3 is 0 Å². The molecule has 0 saturated carbocycles. The third kappa shape index (κ3) is 5.60. The average molecular weight is 251 g/mol. The van der Waals surface area contributed by atoms with Gasteiger partial charge in [-0.15, -0.1) is 0 Å². The maximum absolute atomic E-state index is 5.54. The molecule has 0 amide bonds. The van der Waals surface area contributed by atoms with Crippen molar-refractivity contribution in [3.8, 4) is 0 Å². The summed E-state index contributed by atoms with van der Waals surface area (Å²) < 4.78 is 0. The van der Waals surface area contributed by atoms with E-state index in [1.165, 1.54) is 41.7 Å². The number of rotatable bonds is 8. The third-order valence-corrected chi connectivity index (χ3v) is 3.65. The van der Waals surface area contributed by atoms with E-state index in [2.05, 4.69) is 31.4 Å². The zero-order valence-electron chi connectivity index (χ0n) is 11.2. The van der Waals surface area contributed by atoms with Crippen molar-refractivity contribution < 1.29 is 0 Å². The van der Waals surface area contributed by atoms with Crippen LogP contribution < -0.4 is 5.73 Å². The summed E-state index contributed by atoms with van der Waals surface area (Å²) in [5.41, 5.74) is 10.0. The Hall–Kier alpha value is -0.470. The van der Waals surface area contributed by atoms with Crippen LogP contribution in [0.2, 0.25) is 0 Å². The molecule has 1 aromatic carbocycles. The summed E-state index contributed by atoms with van der Waals surface area (Å²) in [5, 5.41) is 0. The topological polar surface area (TPSA) is 26.0 Å². The molecule has 1 nitrogen and oxygen atoms in total. The molecular formula is C15H25NS. The monoisotopic (exact) mass is 251 g/mol. The Labute approximate surface area is 110 Å². The first-order valence-corrected chi connectivity index (χ1v) is 8.00. The second-order valence-corrected chi connectivity index (χ2v) is 5.49. The fraction of sp³-hybridized carbons (Fsp3) is 0.600. The van der Waals surface area contributed by atoms with Crippen LogP contribution in [0.1, 0.15) is 36.5 Å². The normalized spacial score (nSPS) is 10.8. The van der Waals surface area contributed by atoms with Crippen LogP contribution >= 0.6 is 11.8 Å². The molecule has 1 aromatic rings. The van der Waals surface area contributed by atoms with Gasteiger partial charge in [0.1, 0.15) is 0 Å². The molecule has 0 atom stereocenters. The van der Waals surface area contributed by atoms with Crippen molar-refractivity contribution in [2.75, 3.05) is 18.6 Å². The number of nitrogens with two attached hydrogens (primary N) is 1. The molecule has 2 N–H and O–H groups in total. The fourth-order valence-electron chi connectivity index (χ4n) is 2.03. The number of benzene rings is 1. The predicted molar refractivity (Wildman–Crippen MR) is 79.9 cm³/mol. The van der Waals surface area contributed by atoms with Crippen LogP contribution in [0.25, 0.3) is 0 Å². The van der Waals surface area contributed by atoms with Crippen LogP contribution in [0.4, 0.5) is 0 Å². The van der Waals surface area contributed by atoms with Gasteiger partial charge in [-0.1, -0.05) is 25.1 Å². The molecule has 2 heteroatoms. The van der Waals surface area contributed by atoms with E-state index < -0.39 is 0 Å². The van der Waals surface area contributed by atoms with Crippen LogP contribution in [0.5, 0.6) is 0 Å². The van der Waals surface area contributed by atoms with Gasteiger partial charge in [0.05, 0.1) is 0 Å². The molecule has 0 heterocycles. The number of thioether (sulfide) groups is 1. The van der Waals surface area contributed by atoms with Gasteiger partial charge in [0.25, 0.3) is 0 Å². The summed E-state index contributed by atoms with van der Waals surface area (Å²) in [7, 11) is 0. The van der Waals surface area contributed by atoms with E-state index in [0.717, 1.165) is 19.4 Å². The highest BCUT2D eigenvalue weighted by atomic mass is 32.2. The molecule has 0 bridgehead atoms. The molecule has 0 aromatic heterocycles. The fourth-order valence-corrected chi connectivity index (χ4v) is 2.47. The number of aryl methyl sites for hydroxylation is 3. The quantitative estimate of drug-likeness (QED) is 0.716. The number of hydrogen-bond donors (Lipinski definition) is 1. The Kier molecular flexibility index (Phi) is 7.38. The summed E-state index contributed by atoms with van der Waals surface area (Å²) >= 11 is 1.92. The lowest BCUT2D eigenvalue weighted by atomic mass is 9.99. The van der Waals surface area contributed by atoms with Crippen molar-refractivity contribution in [1.82, 2.24) is 0 Å². The highest BCUT2D eigenvalue weighted by molar-refractivity contribution is 7.98. The molecule has 0 aliphatic heterocycles. The summed E-state index contributed by atoms with van der Waals surface area (Å²) in [4.78, 5) is 0. The molecule has 17 heavy (non-hydrogen) atoms. The summed E-state index contributed by atoms with van der Waals surface area (Å²) in [6.07, 6.45) is 8.03. The Bertz CT molecular complexity index is 323. The SMILES string of the molecule is CCc1cc(CCCCN)cc(CCSC)c1. The van der Waals surface area contributed by atoms with Crippen molar-refractivity contribution in [1.29, 1.82) is 0 Å². The predicted octanol–water partition coefficient (Wildman–Crippen LogP) is 3.44. The van der Waals surface area contributed by atoms with Gasteiger partial charge in [0.15, 0.2) is 0 Å². The minimum Gasteiger partial charge on any atom is -0.330 e. The standard InChI is InChI=1S/C15H25NS/c1-3-13-10-14(6-4-5-8-16)12-15(11-13)7-9-17-2/h10-12H,3-9,16H2,1-2H3. The first-order valence-electron chi connectivity index (χ1n) is 6.60. The maximum Gasteiger partial charge on any atom is -0.00298 e. The highest BCUT2D eigenvalue weighted by Gasteiger charge is 2.00. The molecule has 0 aliphatic carbocycles. The van der Waals surface area contributed by atoms with Gasteiger partial charge in [-0.3, -0.25) is 0 Å². The smallest absolute Gasteiger partial charge is 0.00298 e. The van der Waals surface area contributed by atoms with Crippen LogP contribution in [0, 0.1) is 0 Å². The Balaban J connectivity index is 2.67. The van der Waals surface area contributed by atoms with Crippen molar-refractivity contribution in [3.63, 3.8) is 0 Å². The lowest BCUT2D eigenvalue weighted by Crippen LogP contribution is -2.00. The maximum atomic E-state index is 5.54. The first kappa shape index (κ1) is 14.6. The first-order chi connectivity index (χ1) is 8.30. The van der Waals surface area contributed by atoms with Gasteiger partial charge in [-0.2, -0.15) is 11.8 Å². The summed E-state index contributed by atoms with van der Waals surface area (Å²) in [5.74, 6) is 1.22. The number of unbranched alkanes of at least 4 members (excludes halogenated alkanes) is 1. The van der Waals surface area contributed by atoms with Crippen molar-refractivity contribution >= 4 is 11.8 Å². The van der Waals surface area contributed by atoms with Gasteiger partial charge in [0, 0.05) is 0 Å².